The Hall–Kier alpha value is -1.73. The van der Waals surface area contributed by atoms with Crippen molar-refractivity contribution < 1.29 is 13.2 Å². The molecule has 1 saturated carbocycles. The van der Waals surface area contributed by atoms with Crippen molar-refractivity contribution >= 4 is 5.82 Å². The summed E-state index contributed by atoms with van der Waals surface area (Å²) >= 11 is 0. The number of hydrogen-bond acceptors (Lipinski definition) is 3. The molecule has 8 heteroatoms. The minimum Gasteiger partial charge on any atom is -0.369 e. The number of nitrogens with zero attached hydrogens (tertiary/aromatic N) is 1. The van der Waals surface area contributed by atoms with Crippen LogP contribution in [0.4, 0.5) is 19.0 Å². The Balaban J connectivity index is 2.09. The summed E-state index contributed by atoms with van der Waals surface area (Å²) in [6.07, 6.45) is 0.282. The number of halogens is 3. The molecule has 124 valence electrons. The summed E-state index contributed by atoms with van der Waals surface area (Å²) in [6.45, 7) is 3.45. The van der Waals surface area contributed by atoms with Gasteiger partial charge in [0.05, 0.1) is 0 Å². The number of alkyl halides is 2. The van der Waals surface area contributed by atoms with Crippen LogP contribution in [0.25, 0.3) is 0 Å². The molecule has 1 aromatic heterocycles. The van der Waals surface area contributed by atoms with E-state index in [2.05, 4.69) is 10.3 Å². The van der Waals surface area contributed by atoms with E-state index in [4.69, 9.17) is 0 Å². The molecule has 0 bridgehead atoms. The summed E-state index contributed by atoms with van der Waals surface area (Å²) in [6, 6.07) is -0.458. The molecule has 0 radical (unpaired) electrons. The zero-order chi connectivity index (χ0) is 16.5. The van der Waals surface area contributed by atoms with Crippen molar-refractivity contribution in [3.8, 4) is 0 Å². The van der Waals surface area contributed by atoms with Crippen LogP contribution in [0.2, 0.25) is 0 Å². The monoisotopic (exact) mass is 319 g/mol. The van der Waals surface area contributed by atoms with E-state index in [-0.39, 0.29) is 31.1 Å². The normalized spacial score (nSPS) is 18.6. The Kier molecular flexibility index (Phi) is 4.67. The minimum absolute atomic E-state index is 0.0324. The fourth-order valence-corrected chi connectivity index (χ4v) is 2.67. The summed E-state index contributed by atoms with van der Waals surface area (Å²) in [5.74, 6) is -3.98. The van der Waals surface area contributed by atoms with Crippen molar-refractivity contribution in [3.05, 3.63) is 26.7 Å². The molecule has 0 aromatic carbocycles. The third-order valence-corrected chi connectivity index (χ3v) is 4.00. The molecule has 1 aromatic rings. The lowest BCUT2D eigenvalue weighted by Gasteiger charge is -2.28. The van der Waals surface area contributed by atoms with Gasteiger partial charge >= 0.3 is 5.69 Å². The summed E-state index contributed by atoms with van der Waals surface area (Å²) < 4.78 is 40.9. The average molecular weight is 319 g/mol. The number of anilines is 1. The van der Waals surface area contributed by atoms with E-state index < -0.39 is 29.0 Å². The van der Waals surface area contributed by atoms with Gasteiger partial charge in [0.1, 0.15) is 5.82 Å². The Morgan fingerprint density at radius 1 is 1.32 bits per heavy atom. The quantitative estimate of drug-likeness (QED) is 0.896. The second-order valence-electron chi connectivity index (χ2n) is 6.07. The van der Waals surface area contributed by atoms with E-state index in [1.807, 2.05) is 0 Å². The molecule has 1 aliphatic carbocycles. The SMILES string of the molecule is CC(C)n1c(=O)[nH]c(NCC2CCC(F)(F)CC2)c(F)c1=O. The van der Waals surface area contributed by atoms with Crippen LogP contribution in [-0.2, 0) is 0 Å². The third kappa shape index (κ3) is 3.53. The first-order chi connectivity index (χ1) is 10.2. The van der Waals surface area contributed by atoms with Gasteiger partial charge in [-0.25, -0.2) is 13.6 Å². The number of aromatic amines is 1. The van der Waals surface area contributed by atoms with Crippen molar-refractivity contribution in [2.45, 2.75) is 51.5 Å². The van der Waals surface area contributed by atoms with Gasteiger partial charge < -0.3 is 5.32 Å². The summed E-state index contributed by atoms with van der Waals surface area (Å²) in [7, 11) is 0. The van der Waals surface area contributed by atoms with Crippen molar-refractivity contribution in [3.63, 3.8) is 0 Å². The first-order valence-corrected chi connectivity index (χ1v) is 7.37. The Morgan fingerprint density at radius 2 is 1.91 bits per heavy atom. The molecule has 1 heterocycles. The van der Waals surface area contributed by atoms with E-state index in [1.165, 1.54) is 0 Å². The maximum Gasteiger partial charge on any atom is 0.330 e. The van der Waals surface area contributed by atoms with E-state index in [1.54, 1.807) is 13.8 Å². The molecule has 5 nitrogen and oxygen atoms in total. The van der Waals surface area contributed by atoms with Crippen molar-refractivity contribution in [2.75, 3.05) is 11.9 Å². The molecule has 0 atom stereocenters. The Labute approximate surface area is 125 Å². The van der Waals surface area contributed by atoms with Crippen LogP contribution in [0.15, 0.2) is 9.59 Å². The first kappa shape index (κ1) is 16.6. The second kappa shape index (κ2) is 6.18. The predicted molar refractivity (Wildman–Crippen MR) is 77.1 cm³/mol. The molecular formula is C14H20F3N3O2. The van der Waals surface area contributed by atoms with Gasteiger partial charge in [0.25, 0.3) is 5.56 Å². The van der Waals surface area contributed by atoms with Crippen LogP contribution in [0, 0.1) is 11.7 Å². The highest BCUT2D eigenvalue weighted by Gasteiger charge is 2.34. The number of nitrogens with one attached hydrogen (secondary N) is 2. The van der Waals surface area contributed by atoms with Crippen LogP contribution in [-0.4, -0.2) is 22.0 Å². The molecule has 0 aliphatic heterocycles. The molecule has 1 aliphatic rings. The van der Waals surface area contributed by atoms with E-state index in [9.17, 15) is 22.8 Å². The Morgan fingerprint density at radius 3 is 2.45 bits per heavy atom. The molecular weight excluding hydrogens is 299 g/mol. The summed E-state index contributed by atoms with van der Waals surface area (Å²) in [5.41, 5.74) is -1.68. The van der Waals surface area contributed by atoms with Gasteiger partial charge in [-0.05, 0) is 32.6 Å². The van der Waals surface area contributed by atoms with Gasteiger partial charge in [0.2, 0.25) is 11.7 Å². The molecule has 2 rings (SSSR count). The molecule has 1 fully saturated rings. The van der Waals surface area contributed by atoms with Gasteiger partial charge in [-0.3, -0.25) is 14.3 Å². The van der Waals surface area contributed by atoms with Gasteiger partial charge in [-0.15, -0.1) is 0 Å². The Bertz CT molecular complexity index is 642. The van der Waals surface area contributed by atoms with Crippen LogP contribution in [0.3, 0.4) is 0 Å². The largest absolute Gasteiger partial charge is 0.369 e. The molecule has 0 unspecified atom stereocenters. The zero-order valence-electron chi connectivity index (χ0n) is 12.6. The fourth-order valence-electron chi connectivity index (χ4n) is 2.67. The molecule has 0 amide bonds. The molecule has 0 saturated heterocycles. The average Bonchev–Trinajstić information content (AvgIpc) is 2.42. The molecule has 22 heavy (non-hydrogen) atoms. The van der Waals surface area contributed by atoms with E-state index in [0.29, 0.717) is 12.8 Å². The smallest absolute Gasteiger partial charge is 0.330 e. The lowest BCUT2D eigenvalue weighted by Crippen LogP contribution is -2.39. The first-order valence-electron chi connectivity index (χ1n) is 7.37. The summed E-state index contributed by atoms with van der Waals surface area (Å²) in [4.78, 5) is 25.9. The van der Waals surface area contributed by atoms with Gasteiger partial charge in [-0.2, -0.15) is 4.39 Å². The highest BCUT2D eigenvalue weighted by atomic mass is 19.3. The highest BCUT2D eigenvalue weighted by molar-refractivity contribution is 5.34. The highest BCUT2D eigenvalue weighted by Crippen LogP contribution is 2.36. The zero-order valence-corrected chi connectivity index (χ0v) is 12.6. The second-order valence-corrected chi connectivity index (χ2v) is 6.07. The maximum absolute atomic E-state index is 14.0. The lowest BCUT2D eigenvalue weighted by atomic mass is 9.87. The maximum atomic E-state index is 14.0. The number of hydrogen-bond donors (Lipinski definition) is 2. The molecule has 0 spiro atoms. The standard InChI is InChI=1S/C14H20F3N3O2/c1-8(2)20-12(21)10(15)11(19-13(20)22)18-7-9-3-5-14(16,17)6-4-9/h8-9,18H,3-7H2,1-2H3,(H,19,22). The number of H-pyrrole nitrogens is 1. The van der Waals surface area contributed by atoms with Gasteiger partial charge in [-0.1, -0.05) is 0 Å². The van der Waals surface area contributed by atoms with Crippen molar-refractivity contribution in [2.24, 2.45) is 5.92 Å². The lowest BCUT2D eigenvalue weighted by molar-refractivity contribution is -0.0443. The number of aromatic nitrogens is 2. The van der Waals surface area contributed by atoms with Gasteiger partial charge in [0.15, 0.2) is 0 Å². The van der Waals surface area contributed by atoms with E-state index in [0.717, 1.165) is 4.57 Å². The van der Waals surface area contributed by atoms with Crippen LogP contribution in [0.1, 0.15) is 45.6 Å². The van der Waals surface area contributed by atoms with Crippen molar-refractivity contribution in [1.82, 2.24) is 9.55 Å². The molecule has 2 N–H and O–H groups in total. The minimum atomic E-state index is -2.62. The summed E-state index contributed by atoms with van der Waals surface area (Å²) in [5, 5.41) is 2.67. The van der Waals surface area contributed by atoms with Crippen LogP contribution < -0.4 is 16.6 Å². The van der Waals surface area contributed by atoms with Crippen LogP contribution in [0.5, 0.6) is 0 Å². The van der Waals surface area contributed by atoms with E-state index >= 15 is 0 Å². The predicted octanol–water partition coefficient (Wildman–Crippen LogP) is 2.49. The fraction of sp³-hybridized carbons (Fsp3) is 0.714. The number of rotatable bonds is 4. The topological polar surface area (TPSA) is 66.9 Å². The van der Waals surface area contributed by atoms with Crippen LogP contribution >= 0.6 is 0 Å². The van der Waals surface area contributed by atoms with Gasteiger partial charge in [0, 0.05) is 25.4 Å². The van der Waals surface area contributed by atoms with Crippen molar-refractivity contribution in [1.29, 1.82) is 0 Å². The third-order valence-electron chi connectivity index (χ3n) is 4.00.